The van der Waals surface area contributed by atoms with Crippen molar-refractivity contribution in [1.29, 1.82) is 0 Å². The van der Waals surface area contributed by atoms with E-state index < -0.39 is 0 Å². The van der Waals surface area contributed by atoms with Crippen molar-refractivity contribution in [3.8, 4) is 0 Å². The van der Waals surface area contributed by atoms with Crippen LogP contribution < -0.4 is 5.32 Å². The lowest BCUT2D eigenvalue weighted by Crippen LogP contribution is -2.42. The van der Waals surface area contributed by atoms with Crippen molar-refractivity contribution in [1.82, 2.24) is 20.0 Å². The van der Waals surface area contributed by atoms with Gasteiger partial charge in [-0.05, 0) is 30.4 Å². The lowest BCUT2D eigenvalue weighted by atomic mass is 9.73. The maximum Gasteiger partial charge on any atom is 0.241 e. The lowest BCUT2D eigenvalue weighted by molar-refractivity contribution is -0.131. The highest BCUT2D eigenvalue weighted by Gasteiger charge is 2.63. The van der Waals surface area contributed by atoms with E-state index in [-0.39, 0.29) is 36.0 Å². The summed E-state index contributed by atoms with van der Waals surface area (Å²) in [6.07, 6.45) is 6.15. The van der Waals surface area contributed by atoms with E-state index in [1.807, 2.05) is 22.4 Å². The second-order valence-electron chi connectivity index (χ2n) is 8.07. The lowest BCUT2D eigenvalue weighted by Gasteiger charge is -2.29. The number of amides is 2. The summed E-state index contributed by atoms with van der Waals surface area (Å²) in [5, 5.41) is 9.14. The molecule has 0 unspecified atom stereocenters. The molecule has 1 N–H and O–H groups in total. The molecule has 8 heteroatoms. The van der Waals surface area contributed by atoms with Gasteiger partial charge in [0.15, 0.2) is 0 Å². The predicted octanol–water partition coefficient (Wildman–Crippen LogP) is 1.31. The van der Waals surface area contributed by atoms with Gasteiger partial charge in [0.05, 0.1) is 24.7 Å². The minimum Gasteiger partial charge on any atom is -0.369 e. The maximum atomic E-state index is 12.8. The van der Waals surface area contributed by atoms with E-state index in [9.17, 15) is 9.59 Å². The highest BCUT2D eigenvalue weighted by molar-refractivity contribution is 7.10. The Morgan fingerprint density at radius 2 is 2.32 bits per heavy atom. The average Bonchev–Trinajstić information content (AvgIpc) is 3.46. The van der Waals surface area contributed by atoms with E-state index in [1.54, 1.807) is 34.5 Å². The van der Waals surface area contributed by atoms with Crippen molar-refractivity contribution in [2.45, 2.75) is 37.5 Å². The van der Waals surface area contributed by atoms with E-state index >= 15 is 0 Å². The number of hydrogen-bond donors (Lipinski definition) is 1. The zero-order valence-corrected chi connectivity index (χ0v) is 16.4. The minimum absolute atomic E-state index is 0.0378. The Bertz CT molecular complexity index is 853. The molecule has 0 aliphatic carbocycles. The smallest absolute Gasteiger partial charge is 0.241 e. The van der Waals surface area contributed by atoms with Crippen molar-refractivity contribution >= 4 is 23.2 Å². The van der Waals surface area contributed by atoms with Crippen LogP contribution in [-0.2, 0) is 27.3 Å². The van der Waals surface area contributed by atoms with E-state index in [0.717, 1.165) is 24.3 Å². The molecule has 4 atom stereocenters. The molecule has 2 aromatic heterocycles. The third-order valence-electron chi connectivity index (χ3n) is 6.44. The van der Waals surface area contributed by atoms with Crippen molar-refractivity contribution in [3.63, 3.8) is 0 Å². The van der Waals surface area contributed by atoms with Crippen LogP contribution in [-0.4, -0.2) is 57.8 Å². The van der Waals surface area contributed by atoms with Crippen LogP contribution in [0.25, 0.3) is 0 Å². The van der Waals surface area contributed by atoms with Gasteiger partial charge in [0, 0.05) is 42.2 Å². The molecule has 3 aliphatic heterocycles. The van der Waals surface area contributed by atoms with Crippen LogP contribution >= 0.6 is 11.3 Å². The Kier molecular flexibility index (Phi) is 4.47. The molecule has 0 aromatic carbocycles. The molecule has 0 saturated carbocycles. The Hall–Kier alpha value is -2.19. The first-order valence-electron chi connectivity index (χ1n) is 9.85. The minimum atomic E-state index is -0.201. The molecule has 2 bridgehead atoms. The Balaban J connectivity index is 1.21. The largest absolute Gasteiger partial charge is 0.369 e. The van der Waals surface area contributed by atoms with Gasteiger partial charge in [-0.2, -0.15) is 5.10 Å². The number of nitrogens with zero attached hydrogens (tertiary/aromatic N) is 3. The first-order chi connectivity index (χ1) is 13.6. The summed E-state index contributed by atoms with van der Waals surface area (Å²) >= 11 is 1.62. The number of carbonyl (C=O) groups is 2. The summed E-state index contributed by atoms with van der Waals surface area (Å²) in [6, 6.07) is 5.80. The van der Waals surface area contributed by atoms with Gasteiger partial charge >= 0.3 is 0 Å². The van der Waals surface area contributed by atoms with E-state index in [1.165, 1.54) is 0 Å². The monoisotopic (exact) mass is 400 g/mol. The van der Waals surface area contributed by atoms with Crippen molar-refractivity contribution < 1.29 is 14.3 Å². The number of rotatable bonds is 6. The Morgan fingerprint density at radius 3 is 3.11 bits per heavy atom. The second kappa shape index (κ2) is 7.00. The third kappa shape index (κ3) is 3.14. The van der Waals surface area contributed by atoms with Crippen LogP contribution in [0.3, 0.4) is 0 Å². The Morgan fingerprint density at radius 1 is 1.39 bits per heavy atom. The van der Waals surface area contributed by atoms with Crippen molar-refractivity contribution in [2.75, 3.05) is 19.6 Å². The molecule has 7 nitrogen and oxygen atoms in total. The molecule has 3 saturated heterocycles. The van der Waals surface area contributed by atoms with Crippen LogP contribution in [0.1, 0.15) is 17.7 Å². The molecule has 28 heavy (non-hydrogen) atoms. The molecule has 3 aliphatic rings. The van der Waals surface area contributed by atoms with Gasteiger partial charge in [-0.25, -0.2) is 0 Å². The van der Waals surface area contributed by atoms with Gasteiger partial charge in [0.2, 0.25) is 11.8 Å². The molecule has 148 valence electrons. The van der Waals surface area contributed by atoms with Crippen LogP contribution in [0.4, 0.5) is 0 Å². The number of aromatic nitrogens is 2. The molecular formula is C20H24N4O3S. The predicted molar refractivity (Wildman–Crippen MR) is 104 cm³/mol. The van der Waals surface area contributed by atoms with Crippen LogP contribution in [0, 0.1) is 11.8 Å². The van der Waals surface area contributed by atoms with Crippen molar-refractivity contribution in [2.24, 2.45) is 11.8 Å². The highest BCUT2D eigenvalue weighted by atomic mass is 32.1. The summed E-state index contributed by atoms with van der Waals surface area (Å²) in [4.78, 5) is 28.1. The van der Waals surface area contributed by atoms with Gasteiger partial charge < -0.3 is 15.0 Å². The van der Waals surface area contributed by atoms with Gasteiger partial charge in [0.25, 0.3) is 0 Å². The molecule has 0 radical (unpaired) electrons. The van der Waals surface area contributed by atoms with Crippen LogP contribution in [0.2, 0.25) is 0 Å². The van der Waals surface area contributed by atoms with Gasteiger partial charge in [0.1, 0.15) is 6.54 Å². The van der Waals surface area contributed by atoms with E-state index in [0.29, 0.717) is 25.4 Å². The molecular weight excluding hydrogens is 376 g/mol. The van der Waals surface area contributed by atoms with Crippen molar-refractivity contribution in [3.05, 3.63) is 40.8 Å². The standard InChI is InChI=1S/C20H24N4O3S/c25-18(12-24-7-2-6-22-24)21-10-15-16-11-23(13-20(16)5-4-17(15)27-20)19(26)9-14-3-1-8-28-14/h1-3,6-8,15-17H,4-5,9-13H2,(H,21,25)/t15-,16+,17+,20+/m0/s1. The van der Waals surface area contributed by atoms with Gasteiger partial charge in [-0.1, -0.05) is 6.07 Å². The summed E-state index contributed by atoms with van der Waals surface area (Å²) in [6.45, 7) is 2.26. The maximum absolute atomic E-state index is 12.8. The third-order valence-corrected chi connectivity index (χ3v) is 7.32. The highest BCUT2D eigenvalue weighted by Crippen LogP contribution is 2.54. The molecule has 3 fully saturated rings. The number of thiophene rings is 1. The number of hydrogen-bond acceptors (Lipinski definition) is 5. The first kappa shape index (κ1) is 17.9. The summed E-state index contributed by atoms with van der Waals surface area (Å²) < 4.78 is 8.01. The fraction of sp³-hybridized carbons (Fsp3) is 0.550. The van der Waals surface area contributed by atoms with E-state index in [4.69, 9.17) is 4.74 Å². The zero-order chi connectivity index (χ0) is 19.1. The van der Waals surface area contributed by atoms with Gasteiger partial charge in [-0.15, -0.1) is 11.3 Å². The molecule has 5 rings (SSSR count). The SMILES string of the molecule is O=C(Cn1cccn1)NC[C@H]1[C@H]2CN(C(=O)Cc3cccs3)C[C@]23CC[C@H]1O3. The molecule has 2 amide bonds. The van der Waals surface area contributed by atoms with Crippen LogP contribution in [0.5, 0.6) is 0 Å². The molecule has 2 aromatic rings. The number of fused-ring (bicyclic) bond motifs is 1. The fourth-order valence-electron chi connectivity index (χ4n) is 5.16. The number of carbonyl (C=O) groups excluding carboxylic acids is 2. The Labute approximate surface area is 167 Å². The number of ether oxygens (including phenoxy) is 1. The summed E-state index contributed by atoms with van der Waals surface area (Å²) in [5.41, 5.74) is -0.201. The van der Waals surface area contributed by atoms with Gasteiger partial charge in [-0.3, -0.25) is 14.3 Å². The average molecular weight is 401 g/mol. The summed E-state index contributed by atoms with van der Waals surface area (Å²) in [7, 11) is 0. The second-order valence-corrected chi connectivity index (χ2v) is 9.10. The first-order valence-corrected chi connectivity index (χ1v) is 10.7. The zero-order valence-electron chi connectivity index (χ0n) is 15.6. The summed E-state index contributed by atoms with van der Waals surface area (Å²) in [5.74, 6) is 0.724. The molecule has 5 heterocycles. The topological polar surface area (TPSA) is 76.5 Å². The number of likely N-dealkylation sites (tertiary alicyclic amines) is 1. The quantitative estimate of drug-likeness (QED) is 0.793. The number of nitrogens with one attached hydrogen (secondary N) is 1. The van der Waals surface area contributed by atoms with Crippen LogP contribution in [0.15, 0.2) is 36.0 Å². The van der Waals surface area contributed by atoms with E-state index in [2.05, 4.69) is 10.4 Å². The molecule has 1 spiro atoms. The fourth-order valence-corrected chi connectivity index (χ4v) is 5.85. The normalized spacial score (nSPS) is 30.6.